The van der Waals surface area contributed by atoms with Gasteiger partial charge in [-0.25, -0.2) is 4.98 Å². The first-order valence-electron chi connectivity index (χ1n) is 10.4. The molecule has 0 amide bonds. The van der Waals surface area contributed by atoms with E-state index in [-0.39, 0.29) is 16.6 Å². The Labute approximate surface area is 198 Å². The topological polar surface area (TPSA) is 122 Å². The molecule has 0 unspecified atom stereocenters. The van der Waals surface area contributed by atoms with Gasteiger partial charge < -0.3 is 5.11 Å². The third kappa shape index (κ3) is 4.33. The number of aliphatic carboxylic acids is 1. The first kappa shape index (κ1) is 21.6. The number of non-ortho nitro benzene ring substituents is 1. The Hall–Kier alpha value is -4.24. The molecule has 168 valence electrons. The number of benzene rings is 3. The number of carboxylic acid groups (broad SMARTS) is 1. The van der Waals surface area contributed by atoms with Gasteiger partial charge in [0.2, 0.25) is 5.16 Å². The Bertz CT molecular complexity index is 1450. The van der Waals surface area contributed by atoms with Gasteiger partial charge in [-0.2, -0.15) is 0 Å². The van der Waals surface area contributed by atoms with Crippen molar-refractivity contribution >= 4 is 29.0 Å². The molecule has 0 radical (unpaired) electrons. The lowest BCUT2D eigenvalue weighted by molar-refractivity contribution is -0.384. The van der Waals surface area contributed by atoms with Crippen LogP contribution < -0.4 is 0 Å². The van der Waals surface area contributed by atoms with Gasteiger partial charge >= 0.3 is 5.97 Å². The highest BCUT2D eigenvalue weighted by atomic mass is 32.2. The molecule has 5 rings (SSSR count). The smallest absolute Gasteiger partial charge is 0.313 e. The zero-order valence-corrected chi connectivity index (χ0v) is 18.6. The summed E-state index contributed by atoms with van der Waals surface area (Å²) in [6, 6.07) is 21.0. The zero-order chi connectivity index (χ0) is 23.7. The quantitative estimate of drug-likeness (QED) is 0.216. The zero-order valence-electron chi connectivity index (χ0n) is 17.8. The molecule has 0 saturated heterocycles. The normalized spacial score (nSPS) is 12.3. The van der Waals surface area contributed by atoms with Crippen LogP contribution in [-0.2, 0) is 11.2 Å². The third-order valence-electron chi connectivity index (χ3n) is 5.54. The number of nitro benzene ring substituents is 1. The molecule has 3 aromatic carbocycles. The molecular formula is C25H18N4O4S. The molecule has 9 heteroatoms. The van der Waals surface area contributed by atoms with E-state index in [2.05, 4.69) is 45.5 Å². The number of aromatic amines is 1. The molecule has 1 aromatic heterocycles. The maximum atomic E-state index is 11.7. The fraction of sp³-hybridized carbons (Fsp3) is 0.0800. The van der Waals surface area contributed by atoms with Crippen LogP contribution in [0.1, 0.15) is 16.7 Å². The van der Waals surface area contributed by atoms with E-state index in [4.69, 9.17) is 5.11 Å². The van der Waals surface area contributed by atoms with E-state index in [9.17, 15) is 14.9 Å². The molecular weight excluding hydrogens is 452 g/mol. The maximum absolute atomic E-state index is 11.7. The number of carbonyl (C=O) groups is 1. The second-order valence-corrected chi connectivity index (χ2v) is 8.68. The molecule has 1 heterocycles. The Morgan fingerprint density at radius 1 is 1.03 bits per heavy atom. The van der Waals surface area contributed by atoms with Crippen LogP contribution in [0.25, 0.3) is 28.1 Å². The van der Waals surface area contributed by atoms with Gasteiger partial charge in [0.25, 0.3) is 5.69 Å². The second kappa shape index (κ2) is 8.95. The summed E-state index contributed by atoms with van der Waals surface area (Å²) >= 11 is 0.974. The summed E-state index contributed by atoms with van der Waals surface area (Å²) in [4.78, 5) is 26.3. The number of thioether (sulfide) groups is 1. The lowest BCUT2D eigenvalue weighted by atomic mass is 9.94. The molecule has 0 bridgehead atoms. The first-order chi connectivity index (χ1) is 16.5. The van der Waals surface area contributed by atoms with E-state index in [1.165, 1.54) is 11.6 Å². The number of rotatable bonds is 7. The van der Waals surface area contributed by atoms with Crippen molar-refractivity contribution in [1.82, 2.24) is 15.2 Å². The van der Waals surface area contributed by atoms with Crippen LogP contribution in [0.4, 0.5) is 5.69 Å². The summed E-state index contributed by atoms with van der Waals surface area (Å²) in [6.45, 7) is 0. The number of nitrogens with one attached hydrogen (secondary N) is 1. The van der Waals surface area contributed by atoms with Crippen molar-refractivity contribution in [2.75, 3.05) is 5.75 Å². The van der Waals surface area contributed by atoms with Crippen LogP contribution in [0.2, 0.25) is 0 Å². The minimum Gasteiger partial charge on any atom is -0.481 e. The van der Waals surface area contributed by atoms with Crippen molar-refractivity contribution in [3.63, 3.8) is 0 Å². The van der Waals surface area contributed by atoms with Crippen molar-refractivity contribution in [2.45, 2.75) is 11.6 Å². The predicted molar refractivity (Wildman–Crippen MR) is 129 cm³/mol. The standard InChI is InChI=1S/C25H18N4O4S/c30-23(31)14-34-25-26-24(27-28-25)19-10-18(11-20(12-19)29(32)33)17-7-6-16-8-9-21(22(16)13-17)15-4-2-1-3-5-15/h1-7,9-13H,8,14H2,(H,30,31)(H,26,27,28). The second-order valence-electron chi connectivity index (χ2n) is 7.73. The van der Waals surface area contributed by atoms with Gasteiger partial charge in [0.05, 0.1) is 10.7 Å². The SMILES string of the molecule is O=C(O)CSc1n[nH]c(-c2cc(-c3ccc4c(c3)C(c3ccccc3)=CC4)cc([N+](=O)[O-])c2)n1. The molecule has 0 aliphatic heterocycles. The highest BCUT2D eigenvalue weighted by Gasteiger charge is 2.19. The fourth-order valence-electron chi connectivity index (χ4n) is 3.98. The summed E-state index contributed by atoms with van der Waals surface area (Å²) in [7, 11) is 0. The summed E-state index contributed by atoms with van der Waals surface area (Å²) in [5, 5.41) is 27.5. The van der Waals surface area contributed by atoms with Gasteiger partial charge in [-0.3, -0.25) is 20.0 Å². The molecule has 0 spiro atoms. The number of allylic oxidation sites excluding steroid dienone is 1. The number of fused-ring (bicyclic) bond motifs is 1. The van der Waals surface area contributed by atoms with Crippen LogP contribution in [0.15, 0.2) is 78.0 Å². The van der Waals surface area contributed by atoms with Crippen molar-refractivity contribution in [2.24, 2.45) is 0 Å². The van der Waals surface area contributed by atoms with E-state index in [0.29, 0.717) is 17.0 Å². The lowest BCUT2D eigenvalue weighted by Crippen LogP contribution is -1.97. The monoisotopic (exact) mass is 470 g/mol. The number of H-pyrrole nitrogens is 1. The Morgan fingerprint density at radius 3 is 2.59 bits per heavy atom. The number of hydrogen-bond donors (Lipinski definition) is 2. The van der Waals surface area contributed by atoms with Crippen molar-refractivity contribution < 1.29 is 14.8 Å². The van der Waals surface area contributed by atoms with Crippen LogP contribution >= 0.6 is 11.8 Å². The van der Waals surface area contributed by atoms with Gasteiger partial charge in [0.1, 0.15) is 0 Å². The highest BCUT2D eigenvalue weighted by Crippen LogP contribution is 2.37. The molecule has 34 heavy (non-hydrogen) atoms. The lowest BCUT2D eigenvalue weighted by Gasteiger charge is -2.10. The van der Waals surface area contributed by atoms with Gasteiger partial charge in [0.15, 0.2) is 5.82 Å². The van der Waals surface area contributed by atoms with Gasteiger partial charge in [-0.1, -0.05) is 60.3 Å². The average molecular weight is 471 g/mol. The molecule has 1 aliphatic carbocycles. The van der Waals surface area contributed by atoms with E-state index >= 15 is 0 Å². The van der Waals surface area contributed by atoms with E-state index in [0.717, 1.165) is 40.4 Å². The van der Waals surface area contributed by atoms with Crippen molar-refractivity contribution in [3.8, 4) is 22.5 Å². The Balaban J connectivity index is 1.54. The Kier molecular flexibility index (Phi) is 5.69. The van der Waals surface area contributed by atoms with Crippen LogP contribution in [-0.4, -0.2) is 36.9 Å². The largest absolute Gasteiger partial charge is 0.481 e. The van der Waals surface area contributed by atoms with Crippen molar-refractivity contribution in [3.05, 3.63) is 99.6 Å². The molecule has 0 atom stereocenters. The minimum atomic E-state index is -0.977. The predicted octanol–water partition coefficient (Wildman–Crippen LogP) is 5.21. The van der Waals surface area contributed by atoms with E-state index in [1.54, 1.807) is 6.07 Å². The molecule has 0 saturated carbocycles. The molecule has 4 aromatic rings. The van der Waals surface area contributed by atoms with Crippen molar-refractivity contribution in [1.29, 1.82) is 0 Å². The van der Waals surface area contributed by atoms with Gasteiger partial charge in [-0.15, -0.1) is 5.10 Å². The number of nitrogens with zero attached hydrogens (tertiary/aromatic N) is 3. The summed E-state index contributed by atoms with van der Waals surface area (Å²) in [6.07, 6.45) is 3.04. The molecule has 8 nitrogen and oxygen atoms in total. The molecule has 0 fully saturated rings. The highest BCUT2D eigenvalue weighted by molar-refractivity contribution is 7.99. The van der Waals surface area contributed by atoms with Crippen LogP contribution in [0.5, 0.6) is 0 Å². The fourth-order valence-corrected chi connectivity index (χ4v) is 4.50. The number of hydrogen-bond acceptors (Lipinski definition) is 6. The van der Waals surface area contributed by atoms with E-state index < -0.39 is 10.9 Å². The van der Waals surface area contributed by atoms with Gasteiger partial charge in [-0.05, 0) is 51.9 Å². The number of nitro groups is 1. The summed E-state index contributed by atoms with van der Waals surface area (Å²) in [5.41, 5.74) is 6.58. The van der Waals surface area contributed by atoms with E-state index in [1.807, 2.05) is 30.3 Å². The molecule has 1 aliphatic rings. The first-order valence-corrected chi connectivity index (χ1v) is 11.4. The van der Waals surface area contributed by atoms with Crippen LogP contribution in [0.3, 0.4) is 0 Å². The third-order valence-corrected chi connectivity index (χ3v) is 6.37. The van der Waals surface area contributed by atoms with Gasteiger partial charge in [0, 0.05) is 17.7 Å². The number of aromatic nitrogens is 3. The Morgan fingerprint density at radius 2 is 1.82 bits per heavy atom. The minimum absolute atomic E-state index is 0.0667. The average Bonchev–Trinajstić information content (AvgIpc) is 3.50. The summed E-state index contributed by atoms with van der Waals surface area (Å²) in [5.74, 6) is -0.817. The number of carboxylic acids is 1. The maximum Gasteiger partial charge on any atom is 0.313 e. The summed E-state index contributed by atoms with van der Waals surface area (Å²) < 4.78 is 0. The molecule has 2 N–H and O–H groups in total. The van der Waals surface area contributed by atoms with Crippen LogP contribution in [0, 0.1) is 10.1 Å².